The summed E-state index contributed by atoms with van der Waals surface area (Å²) in [4.78, 5) is 26.7. The van der Waals surface area contributed by atoms with Crippen molar-refractivity contribution in [3.8, 4) is 0 Å². The third-order valence-electron chi connectivity index (χ3n) is 5.36. The van der Waals surface area contributed by atoms with E-state index in [9.17, 15) is 14.7 Å². The average Bonchev–Trinajstić information content (AvgIpc) is 2.67. The molecule has 0 saturated carbocycles. The minimum Gasteiger partial charge on any atom is -0.480 e. The first-order valence-corrected chi connectivity index (χ1v) is 10.6. The Morgan fingerprint density at radius 3 is 2.57 bits per heavy atom. The SMILES string of the molecule is CC(C)(C)OC(=O)C([C@@H]1CCCCN1)N(CC(=O)O)Cc1cccc2ccccc12. The number of fused-ring (bicyclic) bond motifs is 1. The van der Waals surface area contributed by atoms with Gasteiger partial charge in [-0.3, -0.25) is 14.5 Å². The molecule has 3 rings (SSSR count). The third kappa shape index (κ3) is 5.80. The second-order valence-corrected chi connectivity index (χ2v) is 8.97. The van der Waals surface area contributed by atoms with Crippen LogP contribution in [0.3, 0.4) is 0 Å². The van der Waals surface area contributed by atoms with E-state index >= 15 is 0 Å². The predicted octanol–water partition coefficient (Wildman–Crippen LogP) is 3.58. The van der Waals surface area contributed by atoms with Crippen LogP contribution in [0.2, 0.25) is 0 Å². The second kappa shape index (κ2) is 9.58. The van der Waals surface area contributed by atoms with E-state index in [1.165, 1.54) is 0 Å². The number of benzene rings is 2. The number of nitrogens with one attached hydrogen (secondary N) is 1. The highest BCUT2D eigenvalue weighted by atomic mass is 16.6. The standard InChI is InChI=1S/C24H32N2O4/c1-24(2,3)30-23(29)22(20-13-6-7-14-25-20)26(16-21(27)28)15-18-11-8-10-17-9-4-5-12-19(17)18/h4-5,8-12,20,22,25H,6-7,13-16H2,1-3H3,(H,27,28)/t20-,22?/m0/s1. The normalized spacial score (nSPS) is 18.3. The maximum Gasteiger partial charge on any atom is 0.325 e. The molecule has 0 aliphatic carbocycles. The van der Waals surface area contributed by atoms with Gasteiger partial charge in [0, 0.05) is 12.6 Å². The number of carboxylic acids is 1. The van der Waals surface area contributed by atoms with E-state index < -0.39 is 17.6 Å². The molecule has 1 saturated heterocycles. The summed E-state index contributed by atoms with van der Waals surface area (Å²) in [6.45, 7) is 6.45. The van der Waals surface area contributed by atoms with Crippen molar-refractivity contribution in [1.82, 2.24) is 10.2 Å². The topological polar surface area (TPSA) is 78.9 Å². The Bertz CT molecular complexity index is 879. The lowest BCUT2D eigenvalue weighted by Gasteiger charge is -2.38. The summed E-state index contributed by atoms with van der Waals surface area (Å²) in [5.41, 5.74) is 0.358. The van der Waals surface area contributed by atoms with E-state index in [0.29, 0.717) is 6.54 Å². The molecule has 6 nitrogen and oxygen atoms in total. The van der Waals surface area contributed by atoms with Crippen LogP contribution in [0.4, 0.5) is 0 Å². The first-order chi connectivity index (χ1) is 14.2. The highest BCUT2D eigenvalue weighted by Gasteiger charge is 2.38. The molecule has 162 valence electrons. The molecule has 1 aliphatic heterocycles. The van der Waals surface area contributed by atoms with Gasteiger partial charge in [0.05, 0.1) is 6.54 Å². The first-order valence-electron chi connectivity index (χ1n) is 10.6. The van der Waals surface area contributed by atoms with Crippen LogP contribution in [-0.2, 0) is 20.9 Å². The highest BCUT2D eigenvalue weighted by Crippen LogP contribution is 2.24. The Balaban J connectivity index is 1.97. The molecule has 30 heavy (non-hydrogen) atoms. The summed E-state index contributed by atoms with van der Waals surface area (Å²) in [7, 11) is 0. The second-order valence-electron chi connectivity index (χ2n) is 8.97. The summed E-state index contributed by atoms with van der Waals surface area (Å²) < 4.78 is 5.73. The van der Waals surface area contributed by atoms with Crippen molar-refractivity contribution in [1.29, 1.82) is 0 Å². The van der Waals surface area contributed by atoms with Gasteiger partial charge >= 0.3 is 11.9 Å². The maximum atomic E-state index is 13.2. The Labute approximate surface area is 178 Å². The monoisotopic (exact) mass is 412 g/mol. The number of carboxylic acid groups (broad SMARTS) is 1. The van der Waals surface area contributed by atoms with Gasteiger partial charge in [0.15, 0.2) is 0 Å². The highest BCUT2D eigenvalue weighted by molar-refractivity contribution is 5.86. The Morgan fingerprint density at radius 2 is 1.90 bits per heavy atom. The molecule has 0 amide bonds. The lowest BCUT2D eigenvalue weighted by Crippen LogP contribution is -2.57. The molecule has 0 spiro atoms. The summed E-state index contributed by atoms with van der Waals surface area (Å²) in [5, 5.41) is 15.2. The fourth-order valence-electron chi connectivity index (χ4n) is 4.15. The van der Waals surface area contributed by atoms with Crippen molar-refractivity contribution in [3.63, 3.8) is 0 Å². The van der Waals surface area contributed by atoms with E-state index in [4.69, 9.17) is 4.74 Å². The maximum absolute atomic E-state index is 13.2. The van der Waals surface area contributed by atoms with Gasteiger partial charge in [-0.1, -0.05) is 48.9 Å². The zero-order valence-electron chi connectivity index (χ0n) is 18.1. The van der Waals surface area contributed by atoms with Gasteiger partial charge < -0.3 is 15.2 Å². The fraction of sp³-hybridized carbons (Fsp3) is 0.500. The van der Waals surface area contributed by atoms with Crippen molar-refractivity contribution in [3.05, 3.63) is 48.0 Å². The Kier molecular flexibility index (Phi) is 7.10. The van der Waals surface area contributed by atoms with Crippen LogP contribution in [0.15, 0.2) is 42.5 Å². The van der Waals surface area contributed by atoms with Crippen LogP contribution in [0.25, 0.3) is 10.8 Å². The molecule has 1 aliphatic rings. The zero-order chi connectivity index (χ0) is 21.7. The molecule has 0 bridgehead atoms. The van der Waals surface area contributed by atoms with Crippen LogP contribution >= 0.6 is 0 Å². The van der Waals surface area contributed by atoms with E-state index in [1.807, 2.05) is 63.2 Å². The quantitative estimate of drug-likeness (QED) is 0.677. The number of piperidine rings is 1. The van der Waals surface area contributed by atoms with Crippen LogP contribution in [0.5, 0.6) is 0 Å². The van der Waals surface area contributed by atoms with Crippen LogP contribution in [-0.4, -0.2) is 52.7 Å². The molecular weight excluding hydrogens is 380 g/mol. The average molecular weight is 413 g/mol. The van der Waals surface area contributed by atoms with Gasteiger partial charge in [0.2, 0.25) is 0 Å². The number of ether oxygens (including phenoxy) is 1. The van der Waals surface area contributed by atoms with Gasteiger partial charge in [0.1, 0.15) is 11.6 Å². The molecule has 6 heteroatoms. The molecule has 2 aromatic carbocycles. The van der Waals surface area contributed by atoms with Gasteiger partial charge in [-0.15, -0.1) is 0 Å². The van der Waals surface area contributed by atoms with Gasteiger partial charge in [0.25, 0.3) is 0 Å². The number of nitrogens with zero attached hydrogens (tertiary/aromatic N) is 1. The number of hydrogen-bond donors (Lipinski definition) is 2. The minimum atomic E-state index is -0.959. The Hall–Kier alpha value is -2.44. The van der Waals surface area contributed by atoms with E-state index in [1.54, 1.807) is 4.90 Å². The van der Waals surface area contributed by atoms with Crippen LogP contribution in [0.1, 0.15) is 45.6 Å². The number of carbonyl (C=O) groups excluding carboxylic acids is 1. The van der Waals surface area contributed by atoms with E-state index in [0.717, 1.165) is 42.1 Å². The number of carbonyl (C=O) groups is 2. The molecule has 1 heterocycles. The van der Waals surface area contributed by atoms with E-state index in [-0.39, 0.29) is 18.6 Å². The smallest absolute Gasteiger partial charge is 0.325 e. The molecule has 2 atom stereocenters. The molecular formula is C24H32N2O4. The van der Waals surface area contributed by atoms with Crippen molar-refractivity contribution in [2.75, 3.05) is 13.1 Å². The molecule has 0 radical (unpaired) electrons. The minimum absolute atomic E-state index is 0.136. The number of rotatable bonds is 7. The number of hydrogen-bond acceptors (Lipinski definition) is 5. The predicted molar refractivity (Wildman–Crippen MR) is 117 cm³/mol. The molecule has 2 N–H and O–H groups in total. The van der Waals surface area contributed by atoms with Crippen molar-refractivity contribution >= 4 is 22.7 Å². The Morgan fingerprint density at radius 1 is 1.17 bits per heavy atom. The largest absolute Gasteiger partial charge is 0.480 e. The van der Waals surface area contributed by atoms with Gasteiger partial charge in [-0.05, 0) is 56.5 Å². The summed E-state index contributed by atoms with van der Waals surface area (Å²) >= 11 is 0. The lowest BCUT2D eigenvalue weighted by molar-refractivity contribution is -0.164. The summed E-state index contributed by atoms with van der Waals surface area (Å²) in [6, 6.07) is 13.2. The molecule has 2 aromatic rings. The van der Waals surface area contributed by atoms with Crippen molar-refractivity contribution < 1.29 is 19.4 Å². The first kappa shape index (κ1) is 22.2. The third-order valence-corrected chi connectivity index (χ3v) is 5.36. The molecule has 0 aromatic heterocycles. The molecule has 1 fully saturated rings. The lowest BCUT2D eigenvalue weighted by atomic mass is 9.95. The van der Waals surface area contributed by atoms with Crippen LogP contribution < -0.4 is 5.32 Å². The fourth-order valence-corrected chi connectivity index (χ4v) is 4.15. The van der Waals surface area contributed by atoms with Crippen LogP contribution in [0, 0.1) is 0 Å². The van der Waals surface area contributed by atoms with Crippen molar-refractivity contribution in [2.24, 2.45) is 0 Å². The number of aliphatic carboxylic acids is 1. The van der Waals surface area contributed by atoms with Gasteiger partial charge in [-0.2, -0.15) is 0 Å². The summed E-state index contributed by atoms with van der Waals surface area (Å²) in [6.07, 6.45) is 2.88. The zero-order valence-corrected chi connectivity index (χ0v) is 18.1. The summed E-state index contributed by atoms with van der Waals surface area (Å²) in [5.74, 6) is -1.33. The van der Waals surface area contributed by atoms with E-state index in [2.05, 4.69) is 5.32 Å². The van der Waals surface area contributed by atoms with Crippen molar-refractivity contribution in [2.45, 2.75) is 64.3 Å². The number of esters is 1. The van der Waals surface area contributed by atoms with Gasteiger partial charge in [-0.25, -0.2) is 0 Å². The molecule has 1 unspecified atom stereocenters.